The van der Waals surface area contributed by atoms with E-state index < -0.39 is 11.0 Å². The molecule has 1 N–H and O–H groups in total. The molecule has 0 saturated carbocycles. The number of ether oxygens (including phenoxy) is 1. The number of hydrogen-bond donors (Lipinski definition) is 1. The van der Waals surface area contributed by atoms with Crippen molar-refractivity contribution in [1.82, 2.24) is 4.90 Å². The lowest BCUT2D eigenvalue weighted by Crippen LogP contribution is -2.63. The Morgan fingerprint density at radius 2 is 1.74 bits per heavy atom. The number of benzene rings is 3. The predicted octanol–water partition coefficient (Wildman–Crippen LogP) is 5.01. The van der Waals surface area contributed by atoms with Crippen molar-refractivity contribution in [2.75, 3.05) is 18.5 Å². The second kappa shape index (κ2) is 6.94. The molecule has 0 aromatic heterocycles. The molecule has 6 heteroatoms. The maximum Gasteiger partial charge on any atom is 0.250 e. The Kier molecular flexibility index (Phi) is 4.13. The maximum atomic E-state index is 14.7. The minimum absolute atomic E-state index is 0.0180. The molecule has 0 unspecified atom stereocenters. The van der Waals surface area contributed by atoms with Crippen LogP contribution in [0.5, 0.6) is 5.75 Å². The molecule has 2 fully saturated rings. The van der Waals surface area contributed by atoms with Gasteiger partial charge in [0.25, 0.3) is 5.91 Å². The monoisotopic (exact) mass is 470 g/mol. The third kappa shape index (κ3) is 2.24. The number of carbonyl (C=O) groups is 2. The van der Waals surface area contributed by atoms with Crippen LogP contribution in [0.2, 0.25) is 5.02 Å². The van der Waals surface area contributed by atoms with E-state index in [1.807, 2.05) is 72.8 Å². The minimum atomic E-state index is -1.14. The van der Waals surface area contributed by atoms with Crippen LogP contribution in [0.4, 0.5) is 5.69 Å². The molecule has 0 aliphatic carbocycles. The summed E-state index contributed by atoms with van der Waals surface area (Å²) in [6.45, 7) is 0.901. The summed E-state index contributed by atoms with van der Waals surface area (Å²) in [6, 6.07) is 23.0. The number of carbonyl (C=O) groups excluding carboxylic acids is 2. The van der Waals surface area contributed by atoms with Gasteiger partial charge in [0.1, 0.15) is 23.3 Å². The van der Waals surface area contributed by atoms with Crippen LogP contribution in [0.25, 0.3) is 0 Å². The van der Waals surface area contributed by atoms with Gasteiger partial charge in [0.15, 0.2) is 5.78 Å². The lowest BCUT2D eigenvalue weighted by Gasteiger charge is -2.48. The number of ketones is 1. The molecule has 7 rings (SSSR count). The van der Waals surface area contributed by atoms with E-state index in [1.165, 1.54) is 0 Å². The van der Waals surface area contributed by atoms with Gasteiger partial charge in [-0.2, -0.15) is 0 Å². The Morgan fingerprint density at radius 1 is 0.971 bits per heavy atom. The quantitative estimate of drug-likeness (QED) is 0.543. The van der Waals surface area contributed by atoms with Crippen molar-refractivity contribution in [2.24, 2.45) is 5.41 Å². The summed E-state index contributed by atoms with van der Waals surface area (Å²) in [6.07, 6.45) is 1.90. The zero-order valence-corrected chi connectivity index (χ0v) is 19.2. The second-order valence-electron chi connectivity index (χ2n) is 9.73. The van der Waals surface area contributed by atoms with Crippen LogP contribution in [0.15, 0.2) is 72.8 Å². The van der Waals surface area contributed by atoms with Crippen molar-refractivity contribution in [3.8, 4) is 5.75 Å². The summed E-state index contributed by atoms with van der Waals surface area (Å²) >= 11 is 6.25. The molecule has 3 aromatic carbocycles. The van der Waals surface area contributed by atoms with Crippen LogP contribution < -0.4 is 10.1 Å². The lowest BCUT2D eigenvalue weighted by atomic mass is 9.56. The summed E-state index contributed by atoms with van der Waals surface area (Å²) in [5.41, 5.74) is 0.967. The summed E-state index contributed by atoms with van der Waals surface area (Å²) in [4.78, 5) is 31.2. The molecular weight excluding hydrogens is 448 g/mol. The Hall–Kier alpha value is -3.15. The molecule has 1 amide bonds. The third-order valence-electron chi connectivity index (χ3n) is 8.41. The SMILES string of the molecule is O=C1c2ccccc2OC[C@@]12[C@H](c1ccc(Cl)cc1)[C@H]1CCCN1[C@]21C(=O)Nc2ccccc21. The highest BCUT2D eigenvalue weighted by Crippen LogP contribution is 2.68. The van der Waals surface area contributed by atoms with Gasteiger partial charge < -0.3 is 10.1 Å². The van der Waals surface area contributed by atoms with Gasteiger partial charge in [-0.1, -0.05) is 54.1 Å². The maximum absolute atomic E-state index is 14.7. The molecule has 34 heavy (non-hydrogen) atoms. The standard InChI is InChI=1S/C28H23ClN2O3/c29-18-13-11-17(12-14-18)24-22-9-5-15-31(22)28(20-7-2-3-8-21(20)30-26(28)33)27(24)16-34-23-10-4-1-6-19(23)25(27)32/h1-4,6-8,10-14,22,24H,5,9,15-16H2,(H,30,33)/t22-,24-,27-,28-/m1/s1. The first-order chi connectivity index (χ1) is 16.6. The van der Waals surface area contributed by atoms with E-state index in [-0.39, 0.29) is 30.3 Å². The van der Waals surface area contributed by atoms with E-state index in [1.54, 1.807) is 0 Å². The van der Waals surface area contributed by atoms with Crippen molar-refractivity contribution in [3.63, 3.8) is 0 Å². The molecule has 170 valence electrons. The topological polar surface area (TPSA) is 58.6 Å². The van der Waals surface area contributed by atoms with E-state index in [0.29, 0.717) is 16.3 Å². The number of rotatable bonds is 1. The fourth-order valence-electron chi connectivity index (χ4n) is 7.29. The van der Waals surface area contributed by atoms with Crippen LogP contribution in [0, 0.1) is 5.41 Å². The van der Waals surface area contributed by atoms with Crippen LogP contribution in [-0.2, 0) is 10.3 Å². The average Bonchev–Trinajstić information content (AvgIpc) is 3.50. The molecule has 5 nitrogen and oxygen atoms in total. The van der Waals surface area contributed by atoms with Crippen molar-refractivity contribution >= 4 is 29.0 Å². The molecule has 4 heterocycles. The first-order valence-corrected chi connectivity index (χ1v) is 12.2. The molecular formula is C28H23ClN2O3. The van der Waals surface area contributed by atoms with E-state index >= 15 is 0 Å². The molecule has 3 aromatic rings. The number of halogens is 1. The predicted molar refractivity (Wildman–Crippen MR) is 129 cm³/mol. The Bertz CT molecular complexity index is 1360. The molecule has 2 saturated heterocycles. The van der Waals surface area contributed by atoms with Crippen molar-refractivity contribution in [2.45, 2.75) is 30.3 Å². The summed E-state index contributed by atoms with van der Waals surface area (Å²) < 4.78 is 6.37. The van der Waals surface area contributed by atoms with Gasteiger partial charge in [0.05, 0.1) is 5.56 Å². The van der Waals surface area contributed by atoms with Gasteiger partial charge in [-0.15, -0.1) is 0 Å². The van der Waals surface area contributed by atoms with Crippen molar-refractivity contribution in [1.29, 1.82) is 0 Å². The fourth-order valence-corrected chi connectivity index (χ4v) is 7.42. The summed E-state index contributed by atoms with van der Waals surface area (Å²) in [5, 5.41) is 3.78. The van der Waals surface area contributed by atoms with E-state index in [2.05, 4.69) is 10.2 Å². The van der Waals surface area contributed by atoms with Gasteiger partial charge in [0.2, 0.25) is 0 Å². The highest BCUT2D eigenvalue weighted by atomic mass is 35.5. The Labute approximate surface area is 202 Å². The van der Waals surface area contributed by atoms with Gasteiger partial charge in [0, 0.05) is 28.2 Å². The molecule has 2 spiro atoms. The van der Waals surface area contributed by atoms with Gasteiger partial charge in [-0.25, -0.2) is 0 Å². The van der Waals surface area contributed by atoms with E-state index in [4.69, 9.17) is 16.3 Å². The van der Waals surface area contributed by atoms with Gasteiger partial charge >= 0.3 is 0 Å². The number of para-hydroxylation sites is 2. The number of nitrogens with one attached hydrogen (secondary N) is 1. The highest BCUT2D eigenvalue weighted by Gasteiger charge is 2.78. The molecule has 0 bridgehead atoms. The first-order valence-electron chi connectivity index (χ1n) is 11.8. The average molecular weight is 471 g/mol. The Balaban J connectivity index is 1.57. The zero-order valence-electron chi connectivity index (χ0n) is 18.5. The molecule has 4 aliphatic rings. The number of Topliss-reactive ketones (excluding diaryl/α,β-unsaturated/α-hetero) is 1. The molecule has 4 atom stereocenters. The van der Waals surface area contributed by atoms with Crippen LogP contribution in [0.1, 0.15) is 40.2 Å². The number of nitrogens with zero attached hydrogens (tertiary/aromatic N) is 1. The van der Waals surface area contributed by atoms with E-state index in [9.17, 15) is 9.59 Å². The van der Waals surface area contributed by atoms with Crippen LogP contribution >= 0.6 is 11.6 Å². The van der Waals surface area contributed by atoms with Crippen LogP contribution in [0.3, 0.4) is 0 Å². The Morgan fingerprint density at radius 3 is 2.59 bits per heavy atom. The van der Waals surface area contributed by atoms with Crippen molar-refractivity contribution in [3.05, 3.63) is 94.5 Å². The fraction of sp³-hybridized carbons (Fsp3) is 0.286. The van der Waals surface area contributed by atoms with Gasteiger partial charge in [-0.3, -0.25) is 14.5 Å². The molecule has 4 aliphatic heterocycles. The molecule has 0 radical (unpaired) electrons. The lowest BCUT2D eigenvalue weighted by molar-refractivity contribution is -0.132. The van der Waals surface area contributed by atoms with Crippen molar-refractivity contribution < 1.29 is 14.3 Å². The van der Waals surface area contributed by atoms with E-state index in [0.717, 1.165) is 36.2 Å². The summed E-state index contributed by atoms with van der Waals surface area (Å²) in [7, 11) is 0. The second-order valence-corrected chi connectivity index (χ2v) is 10.2. The number of fused-ring (bicyclic) bond motifs is 6. The normalized spacial score (nSPS) is 31.3. The smallest absolute Gasteiger partial charge is 0.250 e. The third-order valence-corrected chi connectivity index (χ3v) is 8.66. The van der Waals surface area contributed by atoms with Gasteiger partial charge in [-0.05, 0) is 55.3 Å². The first kappa shape index (κ1) is 20.2. The highest BCUT2D eigenvalue weighted by molar-refractivity contribution is 6.30. The number of anilines is 1. The largest absolute Gasteiger partial charge is 0.492 e. The zero-order chi connectivity index (χ0) is 23.1. The number of hydrogen-bond acceptors (Lipinski definition) is 4. The summed E-state index contributed by atoms with van der Waals surface area (Å²) in [5.74, 6) is 0.218. The van der Waals surface area contributed by atoms with Crippen LogP contribution in [-0.4, -0.2) is 35.8 Å². The number of amides is 1. The minimum Gasteiger partial charge on any atom is -0.492 e.